The lowest BCUT2D eigenvalue weighted by molar-refractivity contribution is -0.142. The van der Waals surface area contributed by atoms with E-state index < -0.39 is 0 Å². The summed E-state index contributed by atoms with van der Waals surface area (Å²) < 4.78 is 9.88. The van der Waals surface area contributed by atoms with Crippen LogP contribution in [0.1, 0.15) is 20.3 Å². The van der Waals surface area contributed by atoms with Gasteiger partial charge in [0.15, 0.2) is 0 Å². The fourth-order valence-electron chi connectivity index (χ4n) is 0.792. The van der Waals surface area contributed by atoms with Crippen LogP contribution in [-0.4, -0.2) is 38.9 Å². The first kappa shape index (κ1) is 12.4. The largest absolute Gasteiger partial charge is 0.463 e. The van der Waals surface area contributed by atoms with Gasteiger partial charge in [0.1, 0.15) is 6.61 Å². The highest BCUT2D eigenvalue weighted by molar-refractivity contribution is 5.65. The van der Waals surface area contributed by atoms with E-state index in [4.69, 9.17) is 4.74 Å². The van der Waals surface area contributed by atoms with E-state index in [1.807, 2.05) is 0 Å². The Balaban J connectivity index is 2.87. The zero-order valence-electron chi connectivity index (χ0n) is 8.47. The molecule has 0 fully saturated rings. The van der Waals surface area contributed by atoms with Gasteiger partial charge in [-0.1, -0.05) is 6.92 Å². The van der Waals surface area contributed by atoms with Crippen LogP contribution in [0.25, 0.3) is 0 Å². The first-order chi connectivity index (χ1) is 6.27. The number of ether oxygens (including phenoxy) is 2. The van der Waals surface area contributed by atoms with E-state index in [-0.39, 0.29) is 5.97 Å². The molecule has 0 aromatic rings. The van der Waals surface area contributed by atoms with Gasteiger partial charge in [-0.05, 0) is 13.0 Å². The standard InChI is InChI=1S/C9H19NO3/c1-3-4-10-5-6-12-7-8-13-9(2)11/h10H,3-8H2,1-2H3. The van der Waals surface area contributed by atoms with Crippen molar-refractivity contribution in [2.24, 2.45) is 0 Å². The van der Waals surface area contributed by atoms with Gasteiger partial charge in [-0.25, -0.2) is 0 Å². The SMILES string of the molecule is CCCNCCOCCOC(C)=O. The molecule has 0 aromatic heterocycles. The molecule has 0 unspecified atom stereocenters. The third-order valence-corrected chi connectivity index (χ3v) is 1.38. The van der Waals surface area contributed by atoms with Crippen LogP contribution < -0.4 is 5.32 Å². The Kier molecular flexibility index (Phi) is 9.03. The van der Waals surface area contributed by atoms with Crippen molar-refractivity contribution in [3.63, 3.8) is 0 Å². The smallest absolute Gasteiger partial charge is 0.302 e. The molecule has 4 nitrogen and oxygen atoms in total. The summed E-state index contributed by atoms with van der Waals surface area (Å²) in [7, 11) is 0. The lowest BCUT2D eigenvalue weighted by Gasteiger charge is -2.05. The van der Waals surface area contributed by atoms with Crippen molar-refractivity contribution in [2.45, 2.75) is 20.3 Å². The molecule has 0 saturated heterocycles. The van der Waals surface area contributed by atoms with E-state index in [0.717, 1.165) is 19.5 Å². The van der Waals surface area contributed by atoms with Gasteiger partial charge in [-0.3, -0.25) is 4.79 Å². The second-order valence-corrected chi connectivity index (χ2v) is 2.70. The summed E-state index contributed by atoms with van der Waals surface area (Å²) in [5, 5.41) is 3.20. The van der Waals surface area contributed by atoms with Gasteiger partial charge >= 0.3 is 5.97 Å². The van der Waals surface area contributed by atoms with E-state index in [1.54, 1.807) is 0 Å². The summed E-state index contributed by atoms with van der Waals surface area (Å²) in [5.41, 5.74) is 0. The van der Waals surface area contributed by atoms with Crippen LogP contribution in [0, 0.1) is 0 Å². The molecule has 0 aliphatic heterocycles. The molecule has 0 radical (unpaired) electrons. The first-order valence-corrected chi connectivity index (χ1v) is 4.69. The maximum atomic E-state index is 10.3. The van der Waals surface area contributed by atoms with Gasteiger partial charge in [0.25, 0.3) is 0 Å². The number of hydrogen-bond acceptors (Lipinski definition) is 4. The minimum Gasteiger partial charge on any atom is -0.463 e. The van der Waals surface area contributed by atoms with Crippen molar-refractivity contribution in [1.82, 2.24) is 5.32 Å². The topological polar surface area (TPSA) is 47.6 Å². The third-order valence-electron chi connectivity index (χ3n) is 1.38. The number of esters is 1. The number of carbonyl (C=O) groups excluding carboxylic acids is 1. The Labute approximate surface area is 79.6 Å². The van der Waals surface area contributed by atoms with Gasteiger partial charge < -0.3 is 14.8 Å². The molecule has 0 aromatic carbocycles. The van der Waals surface area contributed by atoms with Crippen LogP contribution in [0.5, 0.6) is 0 Å². The quantitative estimate of drug-likeness (QED) is 0.448. The molecule has 0 saturated carbocycles. The molecule has 0 amide bonds. The van der Waals surface area contributed by atoms with Crippen molar-refractivity contribution in [3.05, 3.63) is 0 Å². The van der Waals surface area contributed by atoms with E-state index >= 15 is 0 Å². The number of hydrogen-bond donors (Lipinski definition) is 1. The van der Waals surface area contributed by atoms with Gasteiger partial charge in [-0.2, -0.15) is 0 Å². The Morgan fingerprint density at radius 1 is 1.23 bits per heavy atom. The molecule has 0 aliphatic rings. The number of rotatable bonds is 8. The summed E-state index contributed by atoms with van der Waals surface area (Å²) >= 11 is 0. The van der Waals surface area contributed by atoms with Crippen molar-refractivity contribution in [3.8, 4) is 0 Å². The van der Waals surface area contributed by atoms with Crippen molar-refractivity contribution in [2.75, 3.05) is 32.9 Å². The Hall–Kier alpha value is -0.610. The Morgan fingerprint density at radius 2 is 2.00 bits per heavy atom. The van der Waals surface area contributed by atoms with E-state index in [9.17, 15) is 4.79 Å². The zero-order valence-corrected chi connectivity index (χ0v) is 8.47. The molecule has 78 valence electrons. The van der Waals surface area contributed by atoms with Crippen LogP contribution in [0.15, 0.2) is 0 Å². The van der Waals surface area contributed by atoms with Crippen molar-refractivity contribution < 1.29 is 14.3 Å². The monoisotopic (exact) mass is 189 g/mol. The number of carbonyl (C=O) groups is 1. The van der Waals surface area contributed by atoms with E-state index in [1.165, 1.54) is 6.92 Å². The Morgan fingerprint density at radius 3 is 2.62 bits per heavy atom. The zero-order chi connectivity index (χ0) is 9.94. The summed E-state index contributed by atoms with van der Waals surface area (Å²) in [6.07, 6.45) is 1.13. The summed E-state index contributed by atoms with van der Waals surface area (Å²) in [6, 6.07) is 0. The highest BCUT2D eigenvalue weighted by atomic mass is 16.6. The molecule has 0 atom stereocenters. The van der Waals surface area contributed by atoms with Crippen LogP contribution >= 0.6 is 0 Å². The van der Waals surface area contributed by atoms with E-state index in [2.05, 4.69) is 17.0 Å². The fourth-order valence-corrected chi connectivity index (χ4v) is 0.792. The molecule has 0 spiro atoms. The molecule has 0 rings (SSSR count). The van der Waals surface area contributed by atoms with Crippen molar-refractivity contribution in [1.29, 1.82) is 0 Å². The minimum absolute atomic E-state index is 0.257. The fraction of sp³-hybridized carbons (Fsp3) is 0.889. The summed E-state index contributed by atoms with van der Waals surface area (Å²) in [5.74, 6) is -0.257. The second kappa shape index (κ2) is 9.48. The Bertz CT molecular complexity index is 128. The van der Waals surface area contributed by atoms with Crippen molar-refractivity contribution >= 4 is 5.97 Å². The van der Waals surface area contributed by atoms with Crippen LogP contribution in [0.3, 0.4) is 0 Å². The summed E-state index contributed by atoms with van der Waals surface area (Å²) in [4.78, 5) is 10.3. The van der Waals surface area contributed by atoms with Crippen LogP contribution in [0.4, 0.5) is 0 Å². The second-order valence-electron chi connectivity index (χ2n) is 2.70. The van der Waals surface area contributed by atoms with Crippen LogP contribution in [-0.2, 0) is 14.3 Å². The lowest BCUT2D eigenvalue weighted by atomic mass is 10.5. The van der Waals surface area contributed by atoms with Gasteiger partial charge in [0.05, 0.1) is 13.2 Å². The molecular weight excluding hydrogens is 170 g/mol. The molecule has 1 N–H and O–H groups in total. The van der Waals surface area contributed by atoms with Gasteiger partial charge in [0, 0.05) is 13.5 Å². The minimum atomic E-state index is -0.257. The molecular formula is C9H19NO3. The predicted molar refractivity (Wildman–Crippen MR) is 50.6 cm³/mol. The lowest BCUT2D eigenvalue weighted by Crippen LogP contribution is -2.21. The number of nitrogens with one attached hydrogen (secondary N) is 1. The summed E-state index contributed by atoms with van der Waals surface area (Å²) in [6.45, 7) is 6.89. The highest BCUT2D eigenvalue weighted by Gasteiger charge is 1.92. The van der Waals surface area contributed by atoms with Gasteiger partial charge in [0.2, 0.25) is 0 Å². The maximum Gasteiger partial charge on any atom is 0.302 e. The maximum absolute atomic E-state index is 10.3. The molecule has 0 bridgehead atoms. The average molecular weight is 189 g/mol. The van der Waals surface area contributed by atoms with E-state index in [0.29, 0.717) is 19.8 Å². The predicted octanol–water partition coefficient (Wildman–Crippen LogP) is 0.566. The highest BCUT2D eigenvalue weighted by Crippen LogP contribution is 1.79. The molecule has 4 heteroatoms. The third kappa shape index (κ3) is 11.4. The molecule has 13 heavy (non-hydrogen) atoms. The molecule has 0 aliphatic carbocycles. The van der Waals surface area contributed by atoms with Crippen LogP contribution in [0.2, 0.25) is 0 Å². The first-order valence-electron chi connectivity index (χ1n) is 4.69. The van der Waals surface area contributed by atoms with Gasteiger partial charge in [-0.15, -0.1) is 0 Å². The average Bonchev–Trinajstić information content (AvgIpc) is 2.09. The normalized spacial score (nSPS) is 10.0. The molecule has 0 heterocycles.